The van der Waals surface area contributed by atoms with Crippen molar-refractivity contribution in [2.24, 2.45) is 0 Å². The van der Waals surface area contributed by atoms with Gasteiger partial charge in [-0.1, -0.05) is 43.2 Å². The third-order valence-corrected chi connectivity index (χ3v) is 4.45. The summed E-state index contributed by atoms with van der Waals surface area (Å²) in [4.78, 5) is 10.1. The highest BCUT2D eigenvalue weighted by Crippen LogP contribution is 2.23. The van der Waals surface area contributed by atoms with Gasteiger partial charge in [0, 0.05) is 25.0 Å². The Morgan fingerprint density at radius 2 is 1.86 bits per heavy atom. The Morgan fingerprint density at radius 3 is 2.55 bits per heavy atom. The smallest absolute Gasteiger partial charge is 0.120 e. The summed E-state index contributed by atoms with van der Waals surface area (Å²) < 4.78 is 0. The fourth-order valence-corrected chi connectivity index (χ4v) is 3.26. The van der Waals surface area contributed by atoms with Crippen LogP contribution >= 0.6 is 0 Å². The minimum Gasteiger partial charge on any atom is -0.348 e. The Balaban J connectivity index is 1.65. The average Bonchev–Trinajstić information content (AvgIpc) is 2.94. The van der Waals surface area contributed by atoms with Crippen molar-refractivity contribution >= 4 is 0 Å². The molecule has 1 fully saturated rings. The fraction of sp³-hybridized carbons (Fsp3) is 0.500. The van der Waals surface area contributed by atoms with Crippen LogP contribution in [0.15, 0.2) is 42.7 Å². The molecule has 0 aliphatic carbocycles. The van der Waals surface area contributed by atoms with Crippen LogP contribution in [0.25, 0.3) is 0 Å². The number of H-pyrrole nitrogens is 1. The third-order valence-electron chi connectivity index (χ3n) is 4.45. The van der Waals surface area contributed by atoms with Crippen LogP contribution in [0.1, 0.15) is 43.1 Å². The number of aromatic amines is 1. The summed E-state index contributed by atoms with van der Waals surface area (Å²) in [7, 11) is 0. The van der Waals surface area contributed by atoms with Crippen molar-refractivity contribution in [1.29, 1.82) is 0 Å². The first-order chi connectivity index (χ1) is 10.9. The van der Waals surface area contributed by atoms with Gasteiger partial charge in [0.15, 0.2) is 0 Å². The van der Waals surface area contributed by atoms with Crippen molar-refractivity contribution in [2.45, 2.75) is 38.3 Å². The molecule has 2 heterocycles. The molecular formula is C18H26N4. The Kier molecular flexibility index (Phi) is 5.62. The van der Waals surface area contributed by atoms with Crippen molar-refractivity contribution < 1.29 is 0 Å². The number of aromatic nitrogens is 2. The highest BCUT2D eigenvalue weighted by atomic mass is 15.2. The molecule has 0 bridgehead atoms. The van der Waals surface area contributed by atoms with Gasteiger partial charge in [-0.3, -0.25) is 4.90 Å². The van der Waals surface area contributed by atoms with E-state index in [9.17, 15) is 0 Å². The van der Waals surface area contributed by atoms with E-state index in [1.54, 1.807) is 6.20 Å². The molecule has 1 aromatic heterocycles. The first-order valence-corrected chi connectivity index (χ1v) is 8.41. The van der Waals surface area contributed by atoms with Gasteiger partial charge in [0.2, 0.25) is 0 Å². The minimum atomic E-state index is 0.453. The van der Waals surface area contributed by atoms with Crippen LogP contribution in [0.5, 0.6) is 0 Å². The first kappa shape index (κ1) is 15.3. The maximum atomic E-state index is 4.28. The maximum Gasteiger partial charge on any atom is 0.120 e. The SMILES string of the molecule is c1ccc(C(CNCc2ncc[nH]2)N2CCCCCC2)cc1. The zero-order valence-corrected chi connectivity index (χ0v) is 13.2. The summed E-state index contributed by atoms with van der Waals surface area (Å²) in [6.45, 7) is 4.18. The summed E-state index contributed by atoms with van der Waals surface area (Å²) in [5.41, 5.74) is 1.41. The second-order valence-electron chi connectivity index (χ2n) is 6.04. The van der Waals surface area contributed by atoms with Gasteiger partial charge in [-0.15, -0.1) is 0 Å². The topological polar surface area (TPSA) is 44.0 Å². The van der Waals surface area contributed by atoms with Gasteiger partial charge >= 0.3 is 0 Å². The van der Waals surface area contributed by atoms with Crippen LogP contribution in [-0.4, -0.2) is 34.5 Å². The molecule has 1 aliphatic heterocycles. The molecule has 1 saturated heterocycles. The summed E-state index contributed by atoms with van der Waals surface area (Å²) >= 11 is 0. The van der Waals surface area contributed by atoms with Crippen LogP contribution in [0.4, 0.5) is 0 Å². The van der Waals surface area contributed by atoms with Gasteiger partial charge in [-0.25, -0.2) is 4.98 Å². The summed E-state index contributed by atoms with van der Waals surface area (Å²) in [6, 6.07) is 11.3. The lowest BCUT2D eigenvalue weighted by Gasteiger charge is -2.31. The fourth-order valence-electron chi connectivity index (χ4n) is 3.26. The minimum absolute atomic E-state index is 0.453. The molecular weight excluding hydrogens is 272 g/mol. The molecule has 0 saturated carbocycles. The van der Waals surface area contributed by atoms with E-state index in [1.807, 2.05) is 6.20 Å². The summed E-state index contributed by atoms with van der Waals surface area (Å²) in [6.07, 6.45) is 9.07. The molecule has 118 valence electrons. The highest BCUT2D eigenvalue weighted by molar-refractivity contribution is 5.19. The molecule has 4 nitrogen and oxygen atoms in total. The summed E-state index contributed by atoms with van der Waals surface area (Å²) in [5.74, 6) is 1.00. The van der Waals surface area contributed by atoms with Crippen LogP contribution in [0.2, 0.25) is 0 Å². The molecule has 0 spiro atoms. The third kappa shape index (κ3) is 4.18. The Bertz CT molecular complexity index is 515. The Morgan fingerprint density at radius 1 is 1.09 bits per heavy atom. The second-order valence-corrected chi connectivity index (χ2v) is 6.04. The zero-order chi connectivity index (χ0) is 15.0. The van der Waals surface area contributed by atoms with E-state index >= 15 is 0 Å². The van der Waals surface area contributed by atoms with Gasteiger partial charge in [0.25, 0.3) is 0 Å². The van der Waals surface area contributed by atoms with Gasteiger partial charge in [-0.05, 0) is 31.5 Å². The number of benzene rings is 1. The lowest BCUT2D eigenvalue weighted by molar-refractivity contribution is 0.199. The van der Waals surface area contributed by atoms with Crippen LogP contribution < -0.4 is 5.32 Å². The number of nitrogens with zero attached hydrogens (tertiary/aromatic N) is 2. The van der Waals surface area contributed by atoms with E-state index in [1.165, 1.54) is 44.3 Å². The largest absolute Gasteiger partial charge is 0.348 e. The van der Waals surface area contributed by atoms with Crippen molar-refractivity contribution in [1.82, 2.24) is 20.2 Å². The lowest BCUT2D eigenvalue weighted by atomic mass is 10.0. The first-order valence-electron chi connectivity index (χ1n) is 8.41. The van der Waals surface area contributed by atoms with E-state index in [0.717, 1.165) is 18.9 Å². The van der Waals surface area contributed by atoms with E-state index in [0.29, 0.717) is 6.04 Å². The second kappa shape index (κ2) is 8.11. The van der Waals surface area contributed by atoms with Crippen molar-refractivity contribution in [2.75, 3.05) is 19.6 Å². The molecule has 1 aliphatic rings. The number of likely N-dealkylation sites (tertiary alicyclic amines) is 1. The van der Waals surface area contributed by atoms with Crippen LogP contribution in [-0.2, 0) is 6.54 Å². The van der Waals surface area contributed by atoms with Gasteiger partial charge < -0.3 is 10.3 Å². The monoisotopic (exact) mass is 298 g/mol. The average molecular weight is 298 g/mol. The van der Waals surface area contributed by atoms with Crippen molar-refractivity contribution in [3.8, 4) is 0 Å². The number of hydrogen-bond acceptors (Lipinski definition) is 3. The standard InChI is InChI=1S/C18H26N4/c1-2-7-13-22(12-6-1)17(16-8-4-3-5-9-16)14-19-15-18-20-10-11-21-18/h3-5,8-11,17,19H,1-2,6-7,12-15H2,(H,20,21). The molecule has 1 atom stereocenters. The predicted molar refractivity (Wildman–Crippen MR) is 89.5 cm³/mol. The van der Waals surface area contributed by atoms with Crippen molar-refractivity contribution in [3.63, 3.8) is 0 Å². The van der Waals surface area contributed by atoms with Gasteiger partial charge in [0.05, 0.1) is 6.54 Å². The maximum absolute atomic E-state index is 4.28. The van der Waals surface area contributed by atoms with Crippen molar-refractivity contribution in [3.05, 3.63) is 54.1 Å². The molecule has 4 heteroatoms. The highest BCUT2D eigenvalue weighted by Gasteiger charge is 2.21. The molecule has 22 heavy (non-hydrogen) atoms. The van der Waals surface area contributed by atoms with Crippen LogP contribution in [0, 0.1) is 0 Å². The molecule has 0 amide bonds. The van der Waals surface area contributed by atoms with Crippen LogP contribution in [0.3, 0.4) is 0 Å². The summed E-state index contributed by atoms with van der Waals surface area (Å²) in [5, 5.41) is 3.57. The molecule has 2 aromatic rings. The lowest BCUT2D eigenvalue weighted by Crippen LogP contribution is -2.36. The molecule has 2 N–H and O–H groups in total. The quantitative estimate of drug-likeness (QED) is 0.861. The number of nitrogens with one attached hydrogen (secondary N) is 2. The van der Waals surface area contributed by atoms with E-state index < -0.39 is 0 Å². The predicted octanol–water partition coefficient (Wildman–Crippen LogP) is 3.12. The number of imidazole rings is 1. The number of hydrogen-bond donors (Lipinski definition) is 2. The van der Waals surface area contributed by atoms with Gasteiger partial charge in [0.1, 0.15) is 5.82 Å². The zero-order valence-electron chi connectivity index (χ0n) is 13.2. The molecule has 0 radical (unpaired) electrons. The van der Waals surface area contributed by atoms with E-state index in [-0.39, 0.29) is 0 Å². The number of rotatable bonds is 6. The van der Waals surface area contributed by atoms with E-state index in [4.69, 9.17) is 0 Å². The Labute approximate surface area is 133 Å². The van der Waals surface area contributed by atoms with E-state index in [2.05, 4.69) is 50.5 Å². The molecule has 1 aromatic carbocycles. The molecule has 1 unspecified atom stereocenters. The van der Waals surface area contributed by atoms with Gasteiger partial charge in [-0.2, -0.15) is 0 Å². The molecule has 3 rings (SSSR count). The normalized spacial score (nSPS) is 18.0. The Hall–Kier alpha value is -1.65.